The van der Waals surface area contributed by atoms with Crippen LogP contribution in [0.1, 0.15) is 181 Å². The van der Waals surface area contributed by atoms with Crippen LogP contribution in [0.15, 0.2) is 11.8 Å². The lowest BCUT2D eigenvalue weighted by molar-refractivity contribution is -0.157. The zero-order valence-electron chi connectivity index (χ0n) is 23.4. The Kier molecular flexibility index (Phi) is 22.0. The minimum absolute atomic E-state index is 0.0176. The number of unbranched alkanes of at least 4 members (excludes halogenated alkanes) is 23. The first-order valence-electron chi connectivity index (χ1n) is 15.7. The van der Waals surface area contributed by atoms with Crippen molar-refractivity contribution in [2.24, 2.45) is 5.92 Å². The molecule has 1 atom stereocenters. The number of rotatable bonds is 26. The summed E-state index contributed by atoms with van der Waals surface area (Å²) in [6, 6.07) is 0. The number of ether oxygens (including phenoxy) is 1. The Balaban J connectivity index is 1.88. The lowest BCUT2D eigenvalue weighted by atomic mass is 9.93. The normalized spacial score (nSPS) is 16.7. The van der Waals surface area contributed by atoms with Crippen LogP contribution in [-0.2, 0) is 9.53 Å². The van der Waals surface area contributed by atoms with E-state index in [2.05, 4.69) is 19.9 Å². The summed E-state index contributed by atoms with van der Waals surface area (Å²) in [4.78, 5) is 11.8. The second kappa shape index (κ2) is 23.9. The van der Waals surface area contributed by atoms with Gasteiger partial charge in [-0.1, -0.05) is 162 Å². The molecule has 0 aliphatic carbocycles. The van der Waals surface area contributed by atoms with Gasteiger partial charge in [0.2, 0.25) is 0 Å². The standard InChI is InChI=1S/C32H60O2/c1-3-5-7-9-11-13-15-17-19-21-23-25-27-29-31-30(32(33)34-31)28-26-24-22-20-18-16-14-12-10-8-6-4-2/h29-30H,3-28H2,1-2H3/b31-29-. The van der Waals surface area contributed by atoms with Gasteiger partial charge in [-0.25, -0.2) is 0 Å². The zero-order valence-corrected chi connectivity index (χ0v) is 23.4. The molecule has 2 nitrogen and oxygen atoms in total. The van der Waals surface area contributed by atoms with Crippen molar-refractivity contribution < 1.29 is 9.53 Å². The number of esters is 1. The van der Waals surface area contributed by atoms with Gasteiger partial charge in [0.15, 0.2) is 0 Å². The maximum absolute atomic E-state index is 11.8. The lowest BCUT2D eigenvalue weighted by Gasteiger charge is -2.28. The fraction of sp³-hybridized carbons (Fsp3) is 0.906. The third kappa shape index (κ3) is 17.6. The molecule has 34 heavy (non-hydrogen) atoms. The number of carbonyl (C=O) groups excluding carboxylic acids is 1. The summed E-state index contributed by atoms with van der Waals surface area (Å²) in [5.41, 5.74) is 0. The molecule has 1 saturated heterocycles. The summed E-state index contributed by atoms with van der Waals surface area (Å²) < 4.78 is 5.34. The quantitative estimate of drug-likeness (QED) is 0.0916. The summed E-state index contributed by atoms with van der Waals surface area (Å²) in [6.07, 6.45) is 37.3. The molecule has 1 fully saturated rings. The van der Waals surface area contributed by atoms with E-state index in [4.69, 9.17) is 4.74 Å². The van der Waals surface area contributed by atoms with Crippen molar-refractivity contribution in [3.05, 3.63) is 11.8 Å². The van der Waals surface area contributed by atoms with Crippen LogP contribution in [0.25, 0.3) is 0 Å². The van der Waals surface area contributed by atoms with Gasteiger partial charge in [0.05, 0.1) is 0 Å². The van der Waals surface area contributed by atoms with E-state index in [1.807, 2.05) is 0 Å². The van der Waals surface area contributed by atoms with Crippen LogP contribution in [-0.4, -0.2) is 5.97 Å². The zero-order chi connectivity index (χ0) is 24.5. The smallest absolute Gasteiger partial charge is 0.321 e. The fourth-order valence-electron chi connectivity index (χ4n) is 5.18. The van der Waals surface area contributed by atoms with Gasteiger partial charge in [0.1, 0.15) is 11.7 Å². The van der Waals surface area contributed by atoms with Crippen LogP contribution < -0.4 is 0 Å². The Morgan fingerprint density at radius 1 is 0.529 bits per heavy atom. The molecule has 0 radical (unpaired) electrons. The summed E-state index contributed by atoms with van der Waals surface area (Å²) in [5, 5.41) is 0. The van der Waals surface area contributed by atoms with Crippen LogP contribution in [0, 0.1) is 5.92 Å². The summed E-state index contributed by atoms with van der Waals surface area (Å²) in [5.74, 6) is 1.08. The second-order valence-electron chi connectivity index (χ2n) is 10.9. The first kappa shape index (κ1) is 31.2. The van der Waals surface area contributed by atoms with E-state index < -0.39 is 0 Å². The molecule has 1 aliphatic rings. The topological polar surface area (TPSA) is 26.3 Å². The molecule has 2 heteroatoms. The van der Waals surface area contributed by atoms with Crippen molar-refractivity contribution in [3.63, 3.8) is 0 Å². The van der Waals surface area contributed by atoms with Crippen LogP contribution in [0.2, 0.25) is 0 Å². The average Bonchev–Trinajstić information content (AvgIpc) is 2.84. The van der Waals surface area contributed by atoms with Crippen molar-refractivity contribution in [1.82, 2.24) is 0 Å². The molecule has 0 amide bonds. The molecule has 0 saturated carbocycles. The lowest BCUT2D eigenvalue weighted by Crippen LogP contribution is -2.32. The minimum Gasteiger partial charge on any atom is -0.430 e. The molecule has 0 N–H and O–H groups in total. The second-order valence-corrected chi connectivity index (χ2v) is 10.9. The van der Waals surface area contributed by atoms with Gasteiger partial charge in [-0.05, 0) is 25.3 Å². The van der Waals surface area contributed by atoms with Gasteiger partial charge in [0, 0.05) is 0 Å². The third-order valence-corrected chi connectivity index (χ3v) is 7.60. The largest absolute Gasteiger partial charge is 0.430 e. The van der Waals surface area contributed by atoms with Crippen molar-refractivity contribution in [2.45, 2.75) is 181 Å². The summed E-state index contributed by atoms with van der Waals surface area (Å²) in [6.45, 7) is 4.57. The molecule has 0 spiro atoms. The number of hydrogen-bond acceptors (Lipinski definition) is 2. The van der Waals surface area contributed by atoms with Gasteiger partial charge in [-0.15, -0.1) is 0 Å². The van der Waals surface area contributed by atoms with E-state index in [-0.39, 0.29) is 11.9 Å². The van der Waals surface area contributed by atoms with E-state index in [1.54, 1.807) is 0 Å². The number of cyclic esters (lactones) is 1. The highest BCUT2D eigenvalue weighted by Crippen LogP contribution is 2.32. The summed E-state index contributed by atoms with van der Waals surface area (Å²) >= 11 is 0. The van der Waals surface area contributed by atoms with Crippen LogP contribution in [0.3, 0.4) is 0 Å². The van der Waals surface area contributed by atoms with Gasteiger partial charge < -0.3 is 4.74 Å². The van der Waals surface area contributed by atoms with E-state index >= 15 is 0 Å². The molecular formula is C32H60O2. The summed E-state index contributed by atoms with van der Waals surface area (Å²) in [7, 11) is 0. The maximum Gasteiger partial charge on any atom is 0.321 e. The molecular weight excluding hydrogens is 416 g/mol. The van der Waals surface area contributed by atoms with E-state index in [0.29, 0.717) is 0 Å². The molecule has 200 valence electrons. The SMILES string of the molecule is CCCCCCCCCCCCCC/C=C1\OC(=O)C1CCCCCCCCCCCCCC. The Morgan fingerprint density at radius 3 is 1.26 bits per heavy atom. The van der Waals surface area contributed by atoms with Gasteiger partial charge in [-0.2, -0.15) is 0 Å². The number of carbonyl (C=O) groups is 1. The molecule has 1 heterocycles. The predicted molar refractivity (Wildman–Crippen MR) is 149 cm³/mol. The Labute approximate surface area is 214 Å². The number of hydrogen-bond donors (Lipinski definition) is 0. The monoisotopic (exact) mass is 476 g/mol. The van der Waals surface area contributed by atoms with Crippen LogP contribution >= 0.6 is 0 Å². The average molecular weight is 477 g/mol. The minimum atomic E-state index is 0.0176. The first-order valence-corrected chi connectivity index (χ1v) is 15.7. The van der Waals surface area contributed by atoms with Crippen molar-refractivity contribution >= 4 is 5.97 Å². The Morgan fingerprint density at radius 2 is 0.882 bits per heavy atom. The van der Waals surface area contributed by atoms with Gasteiger partial charge in [0.25, 0.3) is 0 Å². The molecule has 1 unspecified atom stereocenters. The first-order chi connectivity index (χ1) is 16.8. The van der Waals surface area contributed by atoms with E-state index in [9.17, 15) is 4.79 Å². The molecule has 0 aromatic heterocycles. The highest BCUT2D eigenvalue weighted by atomic mass is 16.6. The third-order valence-electron chi connectivity index (χ3n) is 7.60. The molecule has 1 rings (SSSR count). The highest BCUT2D eigenvalue weighted by Gasteiger charge is 2.36. The number of allylic oxidation sites excluding steroid dienone is 1. The van der Waals surface area contributed by atoms with E-state index in [0.717, 1.165) is 18.6 Å². The van der Waals surface area contributed by atoms with Crippen LogP contribution in [0.5, 0.6) is 0 Å². The van der Waals surface area contributed by atoms with E-state index in [1.165, 1.54) is 154 Å². The predicted octanol–water partition coefficient (Wildman–Crippen LogP) is 11.2. The van der Waals surface area contributed by atoms with Crippen molar-refractivity contribution in [3.8, 4) is 0 Å². The van der Waals surface area contributed by atoms with Gasteiger partial charge in [-0.3, -0.25) is 4.79 Å². The molecule has 0 aromatic rings. The fourth-order valence-corrected chi connectivity index (χ4v) is 5.18. The van der Waals surface area contributed by atoms with Crippen molar-refractivity contribution in [2.75, 3.05) is 0 Å². The highest BCUT2D eigenvalue weighted by molar-refractivity contribution is 5.82. The Bertz CT molecular complexity index is 481. The maximum atomic E-state index is 11.8. The molecule has 0 bridgehead atoms. The van der Waals surface area contributed by atoms with Gasteiger partial charge >= 0.3 is 5.97 Å². The molecule has 0 aromatic carbocycles. The van der Waals surface area contributed by atoms with Crippen LogP contribution in [0.4, 0.5) is 0 Å². The Hall–Kier alpha value is -0.790. The van der Waals surface area contributed by atoms with Crippen molar-refractivity contribution in [1.29, 1.82) is 0 Å². The molecule has 1 aliphatic heterocycles.